The van der Waals surface area contributed by atoms with Crippen LogP contribution >= 0.6 is 23.2 Å². The van der Waals surface area contributed by atoms with E-state index in [0.717, 1.165) is 11.1 Å². The second-order valence-electron chi connectivity index (χ2n) is 4.33. The van der Waals surface area contributed by atoms with E-state index in [-0.39, 0.29) is 12.7 Å². The van der Waals surface area contributed by atoms with Gasteiger partial charge in [0.2, 0.25) is 0 Å². The highest BCUT2D eigenvalue weighted by molar-refractivity contribution is 6.31. The number of methoxy groups -OCH3 is 1. The molecule has 0 aliphatic carbocycles. The molecule has 0 N–H and O–H groups in total. The van der Waals surface area contributed by atoms with E-state index >= 15 is 0 Å². The van der Waals surface area contributed by atoms with Crippen LogP contribution in [0.4, 0.5) is 0 Å². The number of alkyl halides is 1. The van der Waals surface area contributed by atoms with Crippen LogP contribution in [0, 0.1) is 0 Å². The zero-order valence-corrected chi connectivity index (χ0v) is 13.2. The van der Waals surface area contributed by atoms with E-state index in [2.05, 4.69) is 0 Å². The quantitative estimate of drug-likeness (QED) is 0.421. The van der Waals surface area contributed by atoms with Crippen molar-refractivity contribution in [2.45, 2.75) is 12.5 Å². The smallest absolute Gasteiger partial charge is 0.189 e. The summed E-state index contributed by atoms with van der Waals surface area (Å²) >= 11 is 11.9. The van der Waals surface area contributed by atoms with Crippen molar-refractivity contribution in [2.75, 3.05) is 13.9 Å². The lowest BCUT2D eigenvalue weighted by Crippen LogP contribution is -2.06. The maximum atomic E-state index is 6.00. The lowest BCUT2D eigenvalue weighted by molar-refractivity contribution is 0.00334. The van der Waals surface area contributed by atoms with Crippen molar-refractivity contribution in [1.29, 1.82) is 0 Å². The monoisotopic (exact) mass is 326 g/mol. The largest absolute Gasteiger partial charge is 0.493 e. The molecule has 0 spiro atoms. The molecule has 2 rings (SSSR count). The zero-order valence-electron chi connectivity index (χ0n) is 11.6. The first-order valence-electron chi connectivity index (χ1n) is 6.41. The molecule has 0 heterocycles. The Bertz CT molecular complexity index is 548. The van der Waals surface area contributed by atoms with Crippen LogP contribution in [-0.4, -0.2) is 13.9 Å². The van der Waals surface area contributed by atoms with E-state index in [1.54, 1.807) is 19.2 Å². The van der Waals surface area contributed by atoms with Crippen LogP contribution < -0.4 is 9.47 Å². The Morgan fingerprint density at radius 3 is 2.52 bits per heavy atom. The third-order valence-electron chi connectivity index (χ3n) is 2.86. The van der Waals surface area contributed by atoms with Crippen LogP contribution in [0.3, 0.4) is 0 Å². The molecule has 0 saturated carbocycles. The first-order chi connectivity index (χ1) is 10.2. The molecule has 2 aromatic carbocycles. The summed E-state index contributed by atoms with van der Waals surface area (Å²) in [6, 6.07) is 13.3. The molecule has 0 radical (unpaired) electrons. The van der Waals surface area contributed by atoms with Crippen molar-refractivity contribution < 1.29 is 14.2 Å². The SMILES string of the molecule is COc1cc(Cl)cc(CCl)c1OCOCc1ccccc1. The number of rotatable bonds is 7. The third kappa shape index (κ3) is 4.53. The van der Waals surface area contributed by atoms with Gasteiger partial charge in [-0.2, -0.15) is 0 Å². The first-order valence-corrected chi connectivity index (χ1v) is 7.32. The molecule has 0 bridgehead atoms. The third-order valence-corrected chi connectivity index (χ3v) is 3.36. The lowest BCUT2D eigenvalue weighted by atomic mass is 10.2. The summed E-state index contributed by atoms with van der Waals surface area (Å²) in [7, 11) is 1.56. The average Bonchev–Trinajstić information content (AvgIpc) is 2.52. The van der Waals surface area contributed by atoms with Gasteiger partial charge in [0.15, 0.2) is 18.3 Å². The van der Waals surface area contributed by atoms with E-state index in [1.165, 1.54) is 0 Å². The van der Waals surface area contributed by atoms with Gasteiger partial charge in [0, 0.05) is 16.7 Å². The summed E-state index contributed by atoms with van der Waals surface area (Å²) in [6.07, 6.45) is 0. The van der Waals surface area contributed by atoms with Gasteiger partial charge in [0.05, 0.1) is 19.6 Å². The fraction of sp³-hybridized carbons (Fsp3) is 0.250. The molecular formula is C16H16Cl2O3. The predicted molar refractivity (Wildman–Crippen MR) is 84.3 cm³/mol. The van der Waals surface area contributed by atoms with Crippen molar-refractivity contribution in [1.82, 2.24) is 0 Å². The topological polar surface area (TPSA) is 27.7 Å². The Hall–Kier alpha value is -1.42. The van der Waals surface area contributed by atoms with Gasteiger partial charge in [-0.1, -0.05) is 41.9 Å². The Kier molecular flexibility index (Phi) is 6.18. The number of hydrogen-bond donors (Lipinski definition) is 0. The van der Waals surface area contributed by atoms with Gasteiger partial charge in [-0.3, -0.25) is 0 Å². The van der Waals surface area contributed by atoms with Crippen LogP contribution in [0.1, 0.15) is 11.1 Å². The van der Waals surface area contributed by atoms with Gasteiger partial charge in [-0.05, 0) is 11.6 Å². The summed E-state index contributed by atoms with van der Waals surface area (Å²) in [5.41, 5.74) is 1.85. The molecule has 5 heteroatoms. The van der Waals surface area contributed by atoms with E-state index in [1.807, 2.05) is 30.3 Å². The lowest BCUT2D eigenvalue weighted by Gasteiger charge is -2.14. The minimum atomic E-state index is 0.108. The van der Waals surface area contributed by atoms with Crippen LogP contribution in [0.25, 0.3) is 0 Å². The standard InChI is InChI=1S/C16H16Cl2O3/c1-19-15-8-14(18)7-13(9-17)16(15)21-11-20-10-12-5-3-2-4-6-12/h2-8H,9-11H2,1H3. The summed E-state index contributed by atoms with van der Waals surface area (Å²) in [6.45, 7) is 0.587. The molecule has 0 amide bonds. The zero-order chi connectivity index (χ0) is 15.1. The Labute approximate surface area is 134 Å². The summed E-state index contributed by atoms with van der Waals surface area (Å²) in [5.74, 6) is 1.39. The van der Waals surface area contributed by atoms with Crippen molar-refractivity contribution in [3.05, 3.63) is 58.6 Å². The molecule has 0 aliphatic rings. The molecule has 0 fully saturated rings. The molecule has 0 aromatic heterocycles. The second kappa shape index (κ2) is 8.13. The second-order valence-corrected chi connectivity index (χ2v) is 5.03. The van der Waals surface area contributed by atoms with Crippen LogP contribution in [0.15, 0.2) is 42.5 Å². The summed E-state index contributed by atoms with van der Waals surface area (Å²) in [5, 5.41) is 0.556. The number of hydrogen-bond acceptors (Lipinski definition) is 3. The molecule has 0 saturated heterocycles. The van der Waals surface area contributed by atoms with Gasteiger partial charge >= 0.3 is 0 Å². The summed E-state index contributed by atoms with van der Waals surface area (Å²) < 4.78 is 16.4. The van der Waals surface area contributed by atoms with Gasteiger partial charge in [0.1, 0.15) is 0 Å². The minimum absolute atomic E-state index is 0.108. The molecule has 0 aliphatic heterocycles. The highest BCUT2D eigenvalue weighted by atomic mass is 35.5. The molecule has 2 aromatic rings. The molecule has 0 atom stereocenters. The van der Waals surface area contributed by atoms with E-state index < -0.39 is 0 Å². The number of benzene rings is 2. The average molecular weight is 327 g/mol. The predicted octanol–water partition coefficient (Wildman–Crippen LogP) is 4.64. The molecule has 21 heavy (non-hydrogen) atoms. The Morgan fingerprint density at radius 1 is 1.10 bits per heavy atom. The van der Waals surface area contributed by atoms with Crippen molar-refractivity contribution >= 4 is 23.2 Å². The van der Waals surface area contributed by atoms with Gasteiger partial charge in [-0.15, -0.1) is 11.6 Å². The molecule has 0 unspecified atom stereocenters. The minimum Gasteiger partial charge on any atom is -0.493 e. The molecule has 3 nitrogen and oxygen atoms in total. The maximum absolute atomic E-state index is 6.00. The number of ether oxygens (including phenoxy) is 3. The Morgan fingerprint density at radius 2 is 1.86 bits per heavy atom. The van der Waals surface area contributed by atoms with Crippen molar-refractivity contribution in [3.8, 4) is 11.5 Å². The van der Waals surface area contributed by atoms with Crippen LogP contribution in [-0.2, 0) is 17.2 Å². The van der Waals surface area contributed by atoms with E-state index in [9.17, 15) is 0 Å². The van der Waals surface area contributed by atoms with E-state index in [4.69, 9.17) is 37.4 Å². The summed E-state index contributed by atoms with van der Waals surface area (Å²) in [4.78, 5) is 0. The molecular weight excluding hydrogens is 311 g/mol. The highest BCUT2D eigenvalue weighted by Gasteiger charge is 2.12. The fourth-order valence-electron chi connectivity index (χ4n) is 1.87. The maximum Gasteiger partial charge on any atom is 0.189 e. The molecule has 112 valence electrons. The van der Waals surface area contributed by atoms with Crippen LogP contribution in [0.2, 0.25) is 5.02 Å². The van der Waals surface area contributed by atoms with Gasteiger partial charge < -0.3 is 14.2 Å². The normalized spacial score (nSPS) is 10.4. The van der Waals surface area contributed by atoms with E-state index in [0.29, 0.717) is 23.1 Å². The van der Waals surface area contributed by atoms with Gasteiger partial charge in [0.25, 0.3) is 0 Å². The highest BCUT2D eigenvalue weighted by Crippen LogP contribution is 2.35. The fourth-order valence-corrected chi connectivity index (χ4v) is 2.30. The van der Waals surface area contributed by atoms with Crippen molar-refractivity contribution in [3.63, 3.8) is 0 Å². The van der Waals surface area contributed by atoms with Gasteiger partial charge in [-0.25, -0.2) is 0 Å². The Balaban J connectivity index is 1.96. The van der Waals surface area contributed by atoms with Crippen molar-refractivity contribution in [2.24, 2.45) is 0 Å². The first kappa shape index (κ1) is 16.0. The number of halogens is 2. The van der Waals surface area contributed by atoms with Crippen LogP contribution in [0.5, 0.6) is 11.5 Å².